The second-order valence-electron chi connectivity index (χ2n) is 8.94. The standard InChI is InChI=1S/C29H25BrClN3O6/c1-16-25(33-29(38)39-17(2)22-5-3-4-6-23(22)31)26(40-34-16)19-9-11-20(12-10-19)27(35)32-24(28(36)37)15-18-7-13-21(30)14-8-18/h3-14,17,24H,15H2,1-2H3,(H,32,35)(H,33,38)(H,36,37)/t17-,24-/m1/s1. The minimum atomic E-state index is -1.14. The highest BCUT2D eigenvalue weighted by Gasteiger charge is 2.23. The van der Waals surface area contributed by atoms with Crippen molar-refractivity contribution in [3.8, 4) is 11.3 Å². The van der Waals surface area contributed by atoms with Gasteiger partial charge in [-0.2, -0.15) is 0 Å². The Bertz CT molecular complexity index is 1520. The fourth-order valence-electron chi connectivity index (χ4n) is 3.95. The van der Waals surface area contributed by atoms with E-state index in [0.29, 0.717) is 27.5 Å². The molecule has 1 heterocycles. The summed E-state index contributed by atoms with van der Waals surface area (Å²) in [5, 5.41) is 19.3. The van der Waals surface area contributed by atoms with Crippen molar-refractivity contribution in [2.45, 2.75) is 32.4 Å². The summed E-state index contributed by atoms with van der Waals surface area (Å²) in [5.41, 5.74) is 2.97. The molecule has 11 heteroatoms. The van der Waals surface area contributed by atoms with Crippen LogP contribution < -0.4 is 10.6 Å². The topological polar surface area (TPSA) is 131 Å². The van der Waals surface area contributed by atoms with Crippen LogP contribution in [-0.2, 0) is 16.0 Å². The highest BCUT2D eigenvalue weighted by atomic mass is 79.9. The molecule has 9 nitrogen and oxygen atoms in total. The number of aromatic nitrogens is 1. The fraction of sp³-hybridized carbons (Fsp3) is 0.172. The summed E-state index contributed by atoms with van der Waals surface area (Å²) in [5.74, 6) is -1.41. The van der Waals surface area contributed by atoms with Gasteiger partial charge in [0.05, 0.1) is 0 Å². The third-order valence-corrected chi connectivity index (χ3v) is 6.96. The first-order valence-corrected chi connectivity index (χ1v) is 13.4. The van der Waals surface area contributed by atoms with Crippen LogP contribution in [0.2, 0.25) is 5.02 Å². The number of carbonyl (C=O) groups excluding carboxylic acids is 2. The highest BCUT2D eigenvalue weighted by molar-refractivity contribution is 9.10. The van der Waals surface area contributed by atoms with E-state index < -0.39 is 30.1 Å². The number of nitrogens with one attached hydrogen (secondary N) is 2. The van der Waals surface area contributed by atoms with Crippen molar-refractivity contribution >= 4 is 51.2 Å². The van der Waals surface area contributed by atoms with E-state index in [1.54, 1.807) is 62.4 Å². The molecular formula is C29H25BrClN3O6. The lowest BCUT2D eigenvalue weighted by Gasteiger charge is -2.16. The summed E-state index contributed by atoms with van der Waals surface area (Å²) in [6.07, 6.45) is -1.20. The molecule has 2 atom stereocenters. The van der Waals surface area contributed by atoms with Crippen LogP contribution in [0.4, 0.5) is 10.5 Å². The van der Waals surface area contributed by atoms with Gasteiger partial charge in [-0.3, -0.25) is 10.1 Å². The van der Waals surface area contributed by atoms with Crippen molar-refractivity contribution in [3.63, 3.8) is 0 Å². The Labute approximate surface area is 243 Å². The highest BCUT2D eigenvalue weighted by Crippen LogP contribution is 2.32. The van der Waals surface area contributed by atoms with Crippen LogP contribution in [-0.4, -0.2) is 34.3 Å². The van der Waals surface area contributed by atoms with Gasteiger partial charge in [0.1, 0.15) is 23.5 Å². The lowest BCUT2D eigenvalue weighted by atomic mass is 10.0. The number of aryl methyl sites for hydroxylation is 1. The maximum atomic E-state index is 12.8. The predicted octanol–water partition coefficient (Wildman–Crippen LogP) is 6.80. The predicted molar refractivity (Wildman–Crippen MR) is 153 cm³/mol. The van der Waals surface area contributed by atoms with E-state index in [-0.39, 0.29) is 17.7 Å². The Morgan fingerprint density at radius 2 is 1.73 bits per heavy atom. The number of carbonyl (C=O) groups is 3. The fourth-order valence-corrected chi connectivity index (χ4v) is 4.50. The molecule has 0 unspecified atom stereocenters. The van der Waals surface area contributed by atoms with Crippen molar-refractivity contribution in [1.82, 2.24) is 10.5 Å². The third kappa shape index (κ3) is 7.08. The van der Waals surface area contributed by atoms with Gasteiger partial charge in [0.25, 0.3) is 5.91 Å². The van der Waals surface area contributed by atoms with Crippen molar-refractivity contribution in [2.24, 2.45) is 0 Å². The molecule has 0 fully saturated rings. The molecule has 0 aliphatic carbocycles. The summed E-state index contributed by atoms with van der Waals surface area (Å²) in [6, 6.07) is 19.4. The molecule has 3 N–H and O–H groups in total. The Morgan fingerprint density at radius 1 is 1.05 bits per heavy atom. The number of hydrogen-bond acceptors (Lipinski definition) is 6. The quantitative estimate of drug-likeness (QED) is 0.186. The van der Waals surface area contributed by atoms with Gasteiger partial charge in [0.2, 0.25) is 0 Å². The molecule has 0 radical (unpaired) electrons. The smallest absolute Gasteiger partial charge is 0.412 e. The lowest BCUT2D eigenvalue weighted by molar-refractivity contribution is -0.139. The van der Waals surface area contributed by atoms with E-state index in [1.165, 1.54) is 12.1 Å². The van der Waals surface area contributed by atoms with Crippen LogP contribution in [0.5, 0.6) is 0 Å². The third-order valence-electron chi connectivity index (χ3n) is 6.08. The first-order chi connectivity index (χ1) is 19.1. The summed E-state index contributed by atoms with van der Waals surface area (Å²) in [6.45, 7) is 3.37. The van der Waals surface area contributed by atoms with Crippen LogP contribution in [0.3, 0.4) is 0 Å². The number of rotatable bonds is 9. The van der Waals surface area contributed by atoms with Gasteiger partial charge in [0, 0.05) is 32.6 Å². The van der Waals surface area contributed by atoms with E-state index in [0.717, 1.165) is 10.0 Å². The molecular weight excluding hydrogens is 602 g/mol. The Hall–Kier alpha value is -4.15. The average Bonchev–Trinajstić information content (AvgIpc) is 3.29. The number of carboxylic acids is 1. The zero-order chi connectivity index (χ0) is 28.8. The number of nitrogens with zero attached hydrogens (tertiary/aromatic N) is 1. The monoisotopic (exact) mass is 625 g/mol. The van der Waals surface area contributed by atoms with Gasteiger partial charge in [-0.1, -0.05) is 75.2 Å². The van der Waals surface area contributed by atoms with Gasteiger partial charge < -0.3 is 19.7 Å². The van der Waals surface area contributed by atoms with Gasteiger partial charge in [0.15, 0.2) is 5.76 Å². The van der Waals surface area contributed by atoms with Gasteiger partial charge >= 0.3 is 12.1 Å². The minimum absolute atomic E-state index is 0.129. The minimum Gasteiger partial charge on any atom is -0.480 e. The molecule has 0 saturated heterocycles. The van der Waals surface area contributed by atoms with Crippen LogP contribution in [0.15, 0.2) is 81.8 Å². The molecule has 0 aliphatic rings. The summed E-state index contributed by atoms with van der Waals surface area (Å²) >= 11 is 9.54. The van der Waals surface area contributed by atoms with Crippen molar-refractivity contribution in [3.05, 3.63) is 105 Å². The number of halogens is 2. The molecule has 0 bridgehead atoms. The Morgan fingerprint density at radius 3 is 2.38 bits per heavy atom. The van der Waals surface area contributed by atoms with Gasteiger partial charge in [-0.25, -0.2) is 9.59 Å². The molecule has 0 aliphatic heterocycles. The first-order valence-electron chi connectivity index (χ1n) is 12.2. The number of amides is 2. The number of carboxylic acid groups (broad SMARTS) is 1. The SMILES string of the molecule is Cc1noc(-c2ccc(C(=O)N[C@H](Cc3ccc(Br)cc3)C(=O)O)cc2)c1NC(=O)O[C@H](C)c1ccccc1Cl. The van der Waals surface area contributed by atoms with E-state index in [4.69, 9.17) is 20.9 Å². The second-order valence-corrected chi connectivity index (χ2v) is 10.3. The number of aliphatic carboxylic acids is 1. The second kappa shape index (κ2) is 12.8. The van der Waals surface area contributed by atoms with Gasteiger partial charge in [-0.05, 0) is 49.7 Å². The molecule has 206 valence electrons. The van der Waals surface area contributed by atoms with Gasteiger partial charge in [-0.15, -0.1) is 0 Å². The summed E-state index contributed by atoms with van der Waals surface area (Å²) in [7, 11) is 0. The molecule has 0 spiro atoms. The van der Waals surface area contributed by atoms with Crippen molar-refractivity contribution < 1.29 is 28.8 Å². The first kappa shape index (κ1) is 28.8. The zero-order valence-corrected chi connectivity index (χ0v) is 23.8. The van der Waals surface area contributed by atoms with Crippen LogP contribution in [0, 0.1) is 6.92 Å². The van der Waals surface area contributed by atoms with E-state index in [2.05, 4.69) is 31.7 Å². The molecule has 2 amide bonds. The lowest BCUT2D eigenvalue weighted by Crippen LogP contribution is -2.42. The summed E-state index contributed by atoms with van der Waals surface area (Å²) in [4.78, 5) is 37.2. The van der Waals surface area contributed by atoms with Crippen LogP contribution >= 0.6 is 27.5 Å². The average molecular weight is 627 g/mol. The van der Waals surface area contributed by atoms with E-state index in [9.17, 15) is 19.5 Å². The number of anilines is 1. The molecule has 0 saturated carbocycles. The van der Waals surface area contributed by atoms with E-state index in [1.807, 2.05) is 12.1 Å². The van der Waals surface area contributed by atoms with Crippen LogP contribution in [0.25, 0.3) is 11.3 Å². The number of ether oxygens (including phenoxy) is 1. The maximum Gasteiger partial charge on any atom is 0.412 e. The molecule has 40 heavy (non-hydrogen) atoms. The molecule has 1 aromatic heterocycles. The largest absolute Gasteiger partial charge is 0.480 e. The molecule has 3 aromatic carbocycles. The number of hydrogen-bond donors (Lipinski definition) is 3. The van der Waals surface area contributed by atoms with E-state index >= 15 is 0 Å². The normalized spacial score (nSPS) is 12.3. The Kier molecular flexibility index (Phi) is 9.23. The maximum absolute atomic E-state index is 12.8. The van der Waals surface area contributed by atoms with Crippen molar-refractivity contribution in [2.75, 3.05) is 5.32 Å². The zero-order valence-electron chi connectivity index (χ0n) is 21.5. The molecule has 4 aromatic rings. The number of benzene rings is 3. The van der Waals surface area contributed by atoms with Crippen LogP contribution in [0.1, 0.15) is 40.2 Å². The summed E-state index contributed by atoms with van der Waals surface area (Å²) < 4.78 is 11.8. The van der Waals surface area contributed by atoms with Crippen molar-refractivity contribution in [1.29, 1.82) is 0 Å². The Balaban J connectivity index is 1.43. The molecule has 4 rings (SSSR count).